The van der Waals surface area contributed by atoms with Crippen LogP contribution in [0, 0.1) is 10.1 Å². The second-order valence-corrected chi connectivity index (χ2v) is 5.43. The first kappa shape index (κ1) is 18.7. The second kappa shape index (κ2) is 8.97. The van der Waals surface area contributed by atoms with E-state index in [1.807, 2.05) is 6.92 Å². The maximum absolute atomic E-state index is 11.9. The summed E-state index contributed by atoms with van der Waals surface area (Å²) >= 11 is 0. The minimum Gasteiger partial charge on any atom is -0.407 e. The lowest BCUT2D eigenvalue weighted by molar-refractivity contribution is -0.384. The van der Waals surface area contributed by atoms with Crippen LogP contribution in [0.3, 0.4) is 0 Å². The number of hydrogen-bond donors (Lipinski definition) is 1. The molecule has 0 fully saturated rings. The molecule has 9 nitrogen and oxygen atoms in total. The van der Waals surface area contributed by atoms with Crippen LogP contribution in [0.2, 0.25) is 0 Å². The van der Waals surface area contributed by atoms with Gasteiger partial charge in [-0.15, -0.1) is 0 Å². The van der Waals surface area contributed by atoms with E-state index in [2.05, 4.69) is 5.32 Å². The summed E-state index contributed by atoms with van der Waals surface area (Å²) in [6, 6.07) is 4.02. The van der Waals surface area contributed by atoms with Gasteiger partial charge in [0, 0.05) is 38.8 Å². The molecular formula is C16H21N3O6. The number of amides is 1. The van der Waals surface area contributed by atoms with Gasteiger partial charge in [-0.1, -0.05) is 0 Å². The Morgan fingerprint density at radius 1 is 1.40 bits per heavy atom. The number of nitrogens with zero attached hydrogens (tertiary/aromatic N) is 2. The van der Waals surface area contributed by atoms with Crippen LogP contribution in [0.15, 0.2) is 27.4 Å². The maximum atomic E-state index is 11.9. The molecule has 25 heavy (non-hydrogen) atoms. The van der Waals surface area contributed by atoms with E-state index in [-0.39, 0.29) is 23.6 Å². The first-order valence-electron chi connectivity index (χ1n) is 8.15. The van der Waals surface area contributed by atoms with Crippen LogP contribution in [0.25, 0.3) is 11.1 Å². The van der Waals surface area contributed by atoms with Crippen molar-refractivity contribution < 1.29 is 18.9 Å². The van der Waals surface area contributed by atoms with E-state index in [1.165, 1.54) is 22.8 Å². The highest BCUT2D eigenvalue weighted by atomic mass is 16.6. The van der Waals surface area contributed by atoms with Crippen LogP contribution >= 0.6 is 0 Å². The van der Waals surface area contributed by atoms with Gasteiger partial charge in [-0.25, -0.2) is 4.79 Å². The van der Waals surface area contributed by atoms with Crippen LogP contribution in [0.5, 0.6) is 0 Å². The molecule has 136 valence electrons. The summed E-state index contributed by atoms with van der Waals surface area (Å²) in [6.07, 6.45) is 1.49. The molecule has 1 aromatic carbocycles. The number of non-ortho nitro benzene ring substituents is 1. The number of nitrogens with one attached hydrogen (secondary N) is 1. The predicted octanol–water partition coefficient (Wildman–Crippen LogP) is 1.83. The zero-order chi connectivity index (χ0) is 18.2. The van der Waals surface area contributed by atoms with E-state index >= 15 is 0 Å². The highest BCUT2D eigenvalue weighted by molar-refractivity contribution is 5.76. The van der Waals surface area contributed by atoms with E-state index in [4.69, 9.17) is 9.15 Å². The number of benzene rings is 1. The third kappa shape index (κ3) is 5.15. The summed E-state index contributed by atoms with van der Waals surface area (Å²) in [5, 5.41) is 13.5. The molecule has 0 unspecified atom stereocenters. The lowest BCUT2D eigenvalue weighted by Gasteiger charge is -2.06. The zero-order valence-electron chi connectivity index (χ0n) is 14.0. The molecule has 0 bridgehead atoms. The van der Waals surface area contributed by atoms with E-state index in [0.717, 1.165) is 6.42 Å². The molecule has 1 heterocycles. The van der Waals surface area contributed by atoms with E-state index in [0.29, 0.717) is 38.2 Å². The predicted molar refractivity (Wildman–Crippen MR) is 90.5 cm³/mol. The zero-order valence-corrected chi connectivity index (χ0v) is 14.0. The van der Waals surface area contributed by atoms with E-state index in [1.54, 1.807) is 0 Å². The van der Waals surface area contributed by atoms with E-state index < -0.39 is 10.7 Å². The molecule has 0 atom stereocenters. The lowest BCUT2D eigenvalue weighted by atomic mass is 10.2. The van der Waals surface area contributed by atoms with Crippen molar-refractivity contribution in [2.24, 2.45) is 0 Å². The van der Waals surface area contributed by atoms with Crippen molar-refractivity contribution in [1.29, 1.82) is 0 Å². The standard InChI is InChI=1S/C16H21N3O6/c1-2-24-10-4-8-17-15(20)5-3-9-18-13-7-6-12(19(22)23)11-14(13)25-16(18)21/h6-7,11H,2-5,8-10H2,1H3,(H,17,20). The fourth-order valence-electron chi connectivity index (χ4n) is 2.41. The van der Waals surface area contributed by atoms with Crippen molar-refractivity contribution in [2.45, 2.75) is 32.7 Å². The molecule has 2 rings (SSSR count). The van der Waals surface area contributed by atoms with Gasteiger partial charge in [0.2, 0.25) is 5.91 Å². The van der Waals surface area contributed by atoms with Gasteiger partial charge in [-0.2, -0.15) is 0 Å². The fraction of sp³-hybridized carbons (Fsp3) is 0.500. The Morgan fingerprint density at radius 3 is 2.92 bits per heavy atom. The number of rotatable bonds is 10. The van der Waals surface area contributed by atoms with Gasteiger partial charge in [0.25, 0.3) is 5.69 Å². The van der Waals surface area contributed by atoms with Gasteiger partial charge >= 0.3 is 5.76 Å². The molecule has 0 aliphatic carbocycles. The summed E-state index contributed by atoms with van der Waals surface area (Å²) in [7, 11) is 0. The Balaban J connectivity index is 1.86. The number of nitro groups is 1. The van der Waals surface area contributed by atoms with Crippen molar-refractivity contribution in [1.82, 2.24) is 9.88 Å². The third-order valence-corrected chi connectivity index (χ3v) is 3.64. The SMILES string of the molecule is CCOCCCNC(=O)CCCn1c(=O)oc2cc([N+](=O)[O-])ccc21. The molecule has 1 amide bonds. The number of nitro benzene ring substituents is 1. The van der Waals surface area contributed by atoms with Gasteiger partial charge in [0.15, 0.2) is 5.58 Å². The minimum atomic E-state index is -0.590. The summed E-state index contributed by atoms with van der Waals surface area (Å²) in [5.74, 6) is -0.680. The number of fused-ring (bicyclic) bond motifs is 1. The Labute approximate surface area is 143 Å². The average molecular weight is 351 g/mol. The van der Waals surface area contributed by atoms with Gasteiger partial charge in [-0.05, 0) is 25.8 Å². The highest BCUT2D eigenvalue weighted by Gasteiger charge is 2.14. The number of carbonyl (C=O) groups excluding carboxylic acids is 1. The molecule has 0 aliphatic rings. The summed E-state index contributed by atoms with van der Waals surface area (Å²) in [5.41, 5.74) is 0.507. The molecular weight excluding hydrogens is 330 g/mol. The fourth-order valence-corrected chi connectivity index (χ4v) is 2.41. The topological polar surface area (TPSA) is 117 Å². The van der Waals surface area contributed by atoms with Crippen LogP contribution in [-0.4, -0.2) is 35.2 Å². The first-order chi connectivity index (χ1) is 12.0. The van der Waals surface area contributed by atoms with Gasteiger partial charge in [-0.3, -0.25) is 19.5 Å². The number of ether oxygens (including phenoxy) is 1. The number of oxazole rings is 1. The molecule has 0 radical (unpaired) electrons. The lowest BCUT2D eigenvalue weighted by Crippen LogP contribution is -2.25. The van der Waals surface area contributed by atoms with Crippen molar-refractivity contribution >= 4 is 22.7 Å². The summed E-state index contributed by atoms with van der Waals surface area (Å²) in [6.45, 7) is 4.04. The molecule has 1 aromatic heterocycles. The Kier molecular flexibility index (Phi) is 6.70. The molecule has 0 saturated carbocycles. The van der Waals surface area contributed by atoms with Crippen molar-refractivity contribution in [3.05, 3.63) is 38.9 Å². The molecule has 0 saturated heterocycles. The second-order valence-electron chi connectivity index (χ2n) is 5.43. The van der Waals surface area contributed by atoms with Crippen molar-refractivity contribution in [3.8, 4) is 0 Å². The molecule has 2 aromatic rings. The molecule has 9 heteroatoms. The minimum absolute atomic E-state index is 0.0898. The average Bonchev–Trinajstić information content (AvgIpc) is 2.89. The number of aryl methyl sites for hydroxylation is 1. The molecule has 0 aliphatic heterocycles. The van der Waals surface area contributed by atoms with Crippen LogP contribution in [-0.2, 0) is 16.1 Å². The van der Waals surface area contributed by atoms with Crippen LogP contribution in [0.4, 0.5) is 5.69 Å². The number of aromatic nitrogens is 1. The van der Waals surface area contributed by atoms with Crippen LogP contribution in [0.1, 0.15) is 26.2 Å². The van der Waals surface area contributed by atoms with Gasteiger partial charge in [0.05, 0.1) is 16.5 Å². The largest absolute Gasteiger partial charge is 0.419 e. The van der Waals surface area contributed by atoms with Gasteiger partial charge < -0.3 is 14.5 Å². The number of hydrogen-bond acceptors (Lipinski definition) is 6. The Morgan fingerprint density at radius 2 is 2.20 bits per heavy atom. The monoisotopic (exact) mass is 351 g/mol. The van der Waals surface area contributed by atoms with Crippen LogP contribution < -0.4 is 11.1 Å². The van der Waals surface area contributed by atoms with Gasteiger partial charge in [0.1, 0.15) is 0 Å². The highest BCUT2D eigenvalue weighted by Crippen LogP contribution is 2.20. The summed E-state index contributed by atoms with van der Waals surface area (Å²) in [4.78, 5) is 33.8. The normalized spacial score (nSPS) is 10.9. The molecule has 1 N–H and O–H groups in total. The molecule has 0 spiro atoms. The Bertz CT molecular complexity index is 795. The third-order valence-electron chi connectivity index (χ3n) is 3.64. The first-order valence-corrected chi connectivity index (χ1v) is 8.15. The smallest absolute Gasteiger partial charge is 0.407 e. The Hall–Kier alpha value is -2.68. The van der Waals surface area contributed by atoms with E-state index in [9.17, 15) is 19.7 Å². The summed E-state index contributed by atoms with van der Waals surface area (Å²) < 4.78 is 11.6. The maximum Gasteiger partial charge on any atom is 0.419 e. The van der Waals surface area contributed by atoms with Crippen molar-refractivity contribution in [2.75, 3.05) is 19.8 Å². The number of carbonyl (C=O) groups is 1. The quantitative estimate of drug-likeness (QED) is 0.396. The van der Waals surface area contributed by atoms with Crippen molar-refractivity contribution in [3.63, 3.8) is 0 Å².